The van der Waals surface area contributed by atoms with Gasteiger partial charge in [0.05, 0.1) is 0 Å². The summed E-state index contributed by atoms with van der Waals surface area (Å²) in [4.78, 5) is 11.7. The number of nitrogens with one attached hydrogen (secondary N) is 2. The van der Waals surface area contributed by atoms with Crippen LogP contribution in [0.2, 0.25) is 5.02 Å². The van der Waals surface area contributed by atoms with Gasteiger partial charge in [-0.25, -0.2) is 0 Å². The summed E-state index contributed by atoms with van der Waals surface area (Å²) in [5, 5.41) is 6.77. The van der Waals surface area contributed by atoms with Crippen LogP contribution < -0.4 is 10.6 Å². The molecule has 0 atom stereocenters. The van der Waals surface area contributed by atoms with Crippen molar-refractivity contribution in [3.05, 3.63) is 34.9 Å². The highest BCUT2D eigenvalue weighted by atomic mass is 35.5. The molecule has 1 rings (SSSR count). The summed E-state index contributed by atoms with van der Waals surface area (Å²) < 4.78 is 0. The van der Waals surface area contributed by atoms with Gasteiger partial charge < -0.3 is 10.6 Å². The van der Waals surface area contributed by atoms with Crippen LogP contribution in [0, 0.1) is 0 Å². The molecule has 0 unspecified atom stereocenters. The molecule has 4 heteroatoms. The van der Waals surface area contributed by atoms with Gasteiger partial charge in [-0.3, -0.25) is 4.79 Å². The van der Waals surface area contributed by atoms with Gasteiger partial charge in [-0.2, -0.15) is 0 Å². The fourth-order valence-electron chi connectivity index (χ4n) is 1.55. The highest BCUT2D eigenvalue weighted by molar-refractivity contribution is 6.30. The fraction of sp³-hybridized carbons (Fsp3) is 0.500. The number of hydrogen-bond donors (Lipinski definition) is 2. The SMILES string of the molecule is CNC(C)(C)CC(=O)NCCc1ccc(Cl)cc1. The quantitative estimate of drug-likeness (QED) is 0.832. The van der Waals surface area contributed by atoms with Crippen LogP contribution >= 0.6 is 11.6 Å². The molecule has 18 heavy (non-hydrogen) atoms. The number of carbonyl (C=O) groups excluding carboxylic acids is 1. The van der Waals surface area contributed by atoms with Crippen molar-refractivity contribution in [2.75, 3.05) is 13.6 Å². The van der Waals surface area contributed by atoms with Gasteiger partial charge in [0.25, 0.3) is 0 Å². The average molecular weight is 269 g/mol. The van der Waals surface area contributed by atoms with Gasteiger partial charge in [0.15, 0.2) is 0 Å². The lowest BCUT2D eigenvalue weighted by Gasteiger charge is -2.23. The summed E-state index contributed by atoms with van der Waals surface area (Å²) in [6.07, 6.45) is 1.30. The van der Waals surface area contributed by atoms with Crippen molar-refractivity contribution < 1.29 is 4.79 Å². The lowest BCUT2D eigenvalue weighted by molar-refractivity contribution is -0.122. The number of halogens is 1. The van der Waals surface area contributed by atoms with Crippen LogP contribution in [-0.2, 0) is 11.2 Å². The van der Waals surface area contributed by atoms with Crippen molar-refractivity contribution in [2.45, 2.75) is 32.2 Å². The monoisotopic (exact) mass is 268 g/mol. The zero-order valence-corrected chi connectivity index (χ0v) is 12.0. The van der Waals surface area contributed by atoms with Gasteiger partial charge in [0, 0.05) is 23.5 Å². The fourth-order valence-corrected chi connectivity index (χ4v) is 1.68. The minimum absolute atomic E-state index is 0.0725. The molecule has 0 aliphatic heterocycles. The van der Waals surface area contributed by atoms with Crippen molar-refractivity contribution in [3.63, 3.8) is 0 Å². The lowest BCUT2D eigenvalue weighted by Crippen LogP contribution is -2.42. The summed E-state index contributed by atoms with van der Waals surface area (Å²) in [6, 6.07) is 7.68. The van der Waals surface area contributed by atoms with Crippen LogP contribution in [0.1, 0.15) is 25.8 Å². The molecule has 0 heterocycles. The molecule has 0 fully saturated rings. The maximum absolute atomic E-state index is 11.7. The standard InChI is InChI=1S/C14H21ClN2O/c1-14(2,16-3)10-13(18)17-9-8-11-4-6-12(15)7-5-11/h4-7,16H,8-10H2,1-3H3,(H,17,18). The minimum atomic E-state index is -0.162. The molecule has 0 spiro atoms. The van der Waals surface area contributed by atoms with E-state index >= 15 is 0 Å². The average Bonchev–Trinajstić information content (AvgIpc) is 2.31. The minimum Gasteiger partial charge on any atom is -0.356 e. The van der Waals surface area contributed by atoms with E-state index in [2.05, 4.69) is 10.6 Å². The Kier molecular flexibility index (Phi) is 5.63. The van der Waals surface area contributed by atoms with E-state index in [1.54, 1.807) is 0 Å². The van der Waals surface area contributed by atoms with Crippen LogP contribution in [0.5, 0.6) is 0 Å². The Morgan fingerprint density at radius 3 is 2.44 bits per heavy atom. The molecule has 3 nitrogen and oxygen atoms in total. The summed E-state index contributed by atoms with van der Waals surface area (Å²) in [6.45, 7) is 4.66. The first-order chi connectivity index (χ1) is 8.43. The summed E-state index contributed by atoms with van der Waals surface area (Å²) in [5.41, 5.74) is 1.01. The second-order valence-electron chi connectivity index (χ2n) is 5.04. The number of amides is 1. The molecule has 0 saturated carbocycles. The predicted octanol–water partition coefficient (Wildman–Crippen LogP) is 2.39. The third-order valence-corrected chi connectivity index (χ3v) is 3.18. The maximum atomic E-state index is 11.7. The van der Waals surface area contributed by atoms with E-state index in [0.29, 0.717) is 13.0 Å². The maximum Gasteiger partial charge on any atom is 0.221 e. The van der Waals surface area contributed by atoms with Crippen molar-refractivity contribution in [3.8, 4) is 0 Å². The Bertz CT molecular complexity index is 387. The second-order valence-corrected chi connectivity index (χ2v) is 5.47. The summed E-state index contributed by atoms with van der Waals surface area (Å²) in [5.74, 6) is 0.0725. The van der Waals surface area contributed by atoms with Crippen LogP contribution in [0.15, 0.2) is 24.3 Å². The van der Waals surface area contributed by atoms with E-state index in [-0.39, 0.29) is 11.4 Å². The highest BCUT2D eigenvalue weighted by Gasteiger charge is 2.18. The van der Waals surface area contributed by atoms with Crippen molar-refractivity contribution in [2.24, 2.45) is 0 Å². The molecule has 0 aliphatic carbocycles. The number of carbonyl (C=O) groups is 1. The molecular weight excluding hydrogens is 248 g/mol. The van der Waals surface area contributed by atoms with Gasteiger partial charge in [0.1, 0.15) is 0 Å². The second kappa shape index (κ2) is 6.76. The smallest absolute Gasteiger partial charge is 0.221 e. The molecular formula is C14H21ClN2O. The molecule has 2 N–H and O–H groups in total. The number of benzene rings is 1. The molecule has 0 aliphatic rings. The molecule has 100 valence electrons. The zero-order valence-electron chi connectivity index (χ0n) is 11.2. The van der Waals surface area contributed by atoms with Crippen LogP contribution in [0.4, 0.5) is 0 Å². The molecule has 1 aromatic rings. The molecule has 0 bridgehead atoms. The van der Waals surface area contributed by atoms with Gasteiger partial charge in [-0.1, -0.05) is 23.7 Å². The molecule has 0 saturated heterocycles. The normalized spacial score (nSPS) is 11.3. The predicted molar refractivity (Wildman–Crippen MR) is 75.9 cm³/mol. The Labute approximate surface area is 114 Å². The van der Waals surface area contributed by atoms with Crippen molar-refractivity contribution in [1.29, 1.82) is 0 Å². The Balaban J connectivity index is 2.29. The Morgan fingerprint density at radius 1 is 1.28 bits per heavy atom. The van der Waals surface area contributed by atoms with Gasteiger partial charge in [-0.05, 0) is 45.0 Å². The van der Waals surface area contributed by atoms with Gasteiger partial charge >= 0.3 is 0 Å². The molecule has 1 amide bonds. The molecule has 0 aromatic heterocycles. The van der Waals surface area contributed by atoms with E-state index in [4.69, 9.17) is 11.6 Å². The highest BCUT2D eigenvalue weighted by Crippen LogP contribution is 2.10. The van der Waals surface area contributed by atoms with Crippen LogP contribution in [0.3, 0.4) is 0 Å². The van der Waals surface area contributed by atoms with Gasteiger partial charge in [-0.15, -0.1) is 0 Å². The van der Waals surface area contributed by atoms with Gasteiger partial charge in [0.2, 0.25) is 5.91 Å². The number of rotatable bonds is 6. The summed E-state index contributed by atoms with van der Waals surface area (Å²) >= 11 is 5.81. The van der Waals surface area contributed by atoms with E-state index in [9.17, 15) is 4.79 Å². The largest absolute Gasteiger partial charge is 0.356 e. The van der Waals surface area contributed by atoms with Crippen molar-refractivity contribution in [1.82, 2.24) is 10.6 Å². The topological polar surface area (TPSA) is 41.1 Å². The van der Waals surface area contributed by atoms with E-state index < -0.39 is 0 Å². The molecule has 0 radical (unpaired) electrons. The third kappa shape index (κ3) is 5.52. The molecule has 1 aromatic carbocycles. The van der Waals surface area contributed by atoms with E-state index in [0.717, 1.165) is 11.4 Å². The summed E-state index contributed by atoms with van der Waals surface area (Å²) in [7, 11) is 1.86. The first kappa shape index (κ1) is 15.0. The van der Waals surface area contributed by atoms with Crippen molar-refractivity contribution >= 4 is 17.5 Å². The van der Waals surface area contributed by atoms with E-state index in [1.165, 1.54) is 5.56 Å². The zero-order chi connectivity index (χ0) is 13.6. The first-order valence-corrected chi connectivity index (χ1v) is 6.51. The van der Waals surface area contributed by atoms with E-state index in [1.807, 2.05) is 45.2 Å². The first-order valence-electron chi connectivity index (χ1n) is 6.13. The Morgan fingerprint density at radius 2 is 1.89 bits per heavy atom. The van der Waals surface area contributed by atoms with Crippen LogP contribution in [0.25, 0.3) is 0 Å². The lowest BCUT2D eigenvalue weighted by atomic mass is 10.0. The third-order valence-electron chi connectivity index (χ3n) is 2.93. The Hall–Kier alpha value is -1.06. The number of hydrogen-bond acceptors (Lipinski definition) is 2. The van der Waals surface area contributed by atoms with Crippen LogP contribution in [-0.4, -0.2) is 25.0 Å².